The second kappa shape index (κ2) is 6.83. The lowest BCUT2D eigenvalue weighted by atomic mass is 10.4. The van der Waals surface area contributed by atoms with E-state index in [2.05, 4.69) is 14.9 Å². The zero-order chi connectivity index (χ0) is 14.5. The van der Waals surface area contributed by atoms with Crippen molar-refractivity contribution in [3.8, 4) is 0 Å². The highest BCUT2D eigenvalue weighted by molar-refractivity contribution is 7.15. The molecule has 0 unspecified atom stereocenters. The Hall–Kier alpha value is -1.44. The van der Waals surface area contributed by atoms with Crippen molar-refractivity contribution >= 4 is 16.5 Å². The van der Waals surface area contributed by atoms with Crippen LogP contribution in [0.3, 0.4) is 0 Å². The standard InChI is InChI=1S/C13H21N5OS/c1-16(2)13-15-8-11(20-13)9-18(6-7-19)10-12-14-4-5-17(12)3/h4-5,8,19H,6-7,9-10H2,1-3H3. The van der Waals surface area contributed by atoms with Gasteiger partial charge in [0.2, 0.25) is 0 Å². The van der Waals surface area contributed by atoms with Crippen molar-refractivity contribution in [3.63, 3.8) is 0 Å². The molecule has 1 N–H and O–H groups in total. The average molecular weight is 295 g/mol. The van der Waals surface area contributed by atoms with Crippen LogP contribution in [-0.4, -0.2) is 51.8 Å². The molecule has 0 aliphatic carbocycles. The molecule has 2 aromatic rings. The third kappa shape index (κ3) is 3.78. The number of hydrogen-bond acceptors (Lipinski definition) is 6. The highest BCUT2D eigenvalue weighted by Crippen LogP contribution is 2.22. The fraction of sp³-hybridized carbons (Fsp3) is 0.538. The van der Waals surface area contributed by atoms with E-state index >= 15 is 0 Å². The molecular weight excluding hydrogens is 274 g/mol. The molecule has 0 amide bonds. The van der Waals surface area contributed by atoms with Gasteiger partial charge < -0.3 is 14.6 Å². The van der Waals surface area contributed by atoms with Crippen LogP contribution in [0.15, 0.2) is 18.6 Å². The summed E-state index contributed by atoms with van der Waals surface area (Å²) in [5.74, 6) is 0.996. The summed E-state index contributed by atoms with van der Waals surface area (Å²) in [5, 5.41) is 10.2. The molecule has 0 aliphatic rings. The first kappa shape index (κ1) is 15.0. The van der Waals surface area contributed by atoms with Gasteiger partial charge in [-0.05, 0) is 0 Å². The van der Waals surface area contributed by atoms with Gasteiger partial charge >= 0.3 is 0 Å². The van der Waals surface area contributed by atoms with Crippen molar-refractivity contribution in [1.29, 1.82) is 0 Å². The zero-order valence-corrected chi connectivity index (χ0v) is 13.0. The fourth-order valence-corrected chi connectivity index (χ4v) is 2.78. The number of aryl methyl sites for hydroxylation is 1. The summed E-state index contributed by atoms with van der Waals surface area (Å²) in [4.78, 5) is 14.1. The Bertz CT molecular complexity index is 536. The smallest absolute Gasteiger partial charge is 0.185 e. The number of thiazole rings is 1. The summed E-state index contributed by atoms with van der Waals surface area (Å²) in [6, 6.07) is 0. The van der Waals surface area contributed by atoms with E-state index in [1.54, 1.807) is 17.5 Å². The van der Waals surface area contributed by atoms with Crippen molar-refractivity contribution < 1.29 is 5.11 Å². The Morgan fingerprint density at radius 2 is 2.10 bits per heavy atom. The third-order valence-corrected chi connectivity index (χ3v) is 4.16. The molecule has 2 aromatic heterocycles. The van der Waals surface area contributed by atoms with Crippen LogP contribution in [0.1, 0.15) is 10.7 Å². The Balaban J connectivity index is 2.03. The van der Waals surface area contributed by atoms with E-state index in [0.29, 0.717) is 6.54 Å². The number of rotatable bonds is 7. The summed E-state index contributed by atoms with van der Waals surface area (Å²) >= 11 is 1.68. The van der Waals surface area contributed by atoms with Crippen LogP contribution in [-0.2, 0) is 20.1 Å². The monoisotopic (exact) mass is 295 g/mol. The molecule has 0 atom stereocenters. The zero-order valence-electron chi connectivity index (χ0n) is 12.2. The maximum Gasteiger partial charge on any atom is 0.185 e. The number of anilines is 1. The number of aliphatic hydroxyl groups excluding tert-OH is 1. The lowest BCUT2D eigenvalue weighted by molar-refractivity contribution is 0.181. The topological polar surface area (TPSA) is 57.4 Å². The Labute approximate surface area is 123 Å². The van der Waals surface area contributed by atoms with E-state index in [1.165, 1.54) is 4.88 Å². The van der Waals surface area contributed by atoms with E-state index in [0.717, 1.165) is 24.0 Å². The first-order valence-electron chi connectivity index (χ1n) is 6.51. The molecule has 0 aliphatic heterocycles. The Morgan fingerprint density at radius 1 is 1.30 bits per heavy atom. The SMILES string of the molecule is CN(C)c1ncc(CN(CCO)Cc2nccn2C)s1. The minimum absolute atomic E-state index is 0.143. The quantitative estimate of drug-likeness (QED) is 0.824. The van der Waals surface area contributed by atoms with Gasteiger partial charge in [-0.15, -0.1) is 11.3 Å². The third-order valence-electron chi connectivity index (χ3n) is 3.01. The van der Waals surface area contributed by atoms with Crippen molar-refractivity contribution in [1.82, 2.24) is 19.4 Å². The summed E-state index contributed by atoms with van der Waals surface area (Å²) in [6.45, 7) is 2.27. The highest BCUT2D eigenvalue weighted by Gasteiger charge is 2.12. The average Bonchev–Trinajstić information content (AvgIpc) is 3.00. The molecule has 7 heteroatoms. The fourth-order valence-electron chi connectivity index (χ4n) is 1.90. The summed E-state index contributed by atoms with van der Waals surface area (Å²) in [6.07, 6.45) is 5.63. The molecule has 0 spiro atoms. The molecule has 0 fully saturated rings. The van der Waals surface area contributed by atoms with Gasteiger partial charge in [-0.1, -0.05) is 0 Å². The van der Waals surface area contributed by atoms with Gasteiger partial charge in [0.1, 0.15) is 5.82 Å². The van der Waals surface area contributed by atoms with Crippen LogP contribution in [0.25, 0.3) is 0 Å². The number of imidazole rings is 1. The van der Waals surface area contributed by atoms with Crippen LogP contribution < -0.4 is 4.90 Å². The van der Waals surface area contributed by atoms with Crippen LogP contribution in [0, 0.1) is 0 Å². The first-order valence-corrected chi connectivity index (χ1v) is 7.33. The molecule has 2 rings (SSSR count). The molecule has 110 valence electrons. The molecule has 0 saturated heterocycles. The van der Waals surface area contributed by atoms with Gasteiger partial charge in [-0.3, -0.25) is 4.90 Å². The van der Waals surface area contributed by atoms with Crippen molar-refractivity contribution in [2.24, 2.45) is 7.05 Å². The molecule has 2 heterocycles. The predicted octanol–water partition coefficient (Wildman–Crippen LogP) is 0.937. The van der Waals surface area contributed by atoms with Gasteiger partial charge in [0.15, 0.2) is 5.13 Å². The molecule has 20 heavy (non-hydrogen) atoms. The molecule has 6 nitrogen and oxygen atoms in total. The summed E-state index contributed by atoms with van der Waals surface area (Å²) in [7, 11) is 5.96. The van der Waals surface area contributed by atoms with Crippen LogP contribution in [0.4, 0.5) is 5.13 Å². The number of nitrogens with zero attached hydrogens (tertiary/aromatic N) is 5. The number of aromatic nitrogens is 3. The van der Waals surface area contributed by atoms with Crippen molar-refractivity contribution in [2.45, 2.75) is 13.1 Å². The Morgan fingerprint density at radius 3 is 2.65 bits per heavy atom. The molecule has 0 aromatic carbocycles. The second-order valence-corrected chi connectivity index (χ2v) is 5.99. The molecule has 0 saturated carbocycles. The van der Waals surface area contributed by atoms with Crippen molar-refractivity contribution in [2.75, 3.05) is 32.1 Å². The van der Waals surface area contributed by atoms with Crippen LogP contribution in [0.2, 0.25) is 0 Å². The largest absolute Gasteiger partial charge is 0.395 e. The lowest BCUT2D eigenvalue weighted by Crippen LogP contribution is -2.27. The van der Waals surface area contributed by atoms with Gasteiger partial charge in [-0.2, -0.15) is 0 Å². The number of hydrogen-bond donors (Lipinski definition) is 1. The molecular formula is C13H21N5OS. The number of aliphatic hydroxyl groups is 1. The minimum atomic E-state index is 0.143. The van der Waals surface area contributed by atoms with E-state index < -0.39 is 0 Å². The minimum Gasteiger partial charge on any atom is -0.395 e. The lowest BCUT2D eigenvalue weighted by Gasteiger charge is -2.19. The van der Waals surface area contributed by atoms with Gasteiger partial charge in [0.05, 0.1) is 13.2 Å². The van der Waals surface area contributed by atoms with E-state index in [4.69, 9.17) is 0 Å². The van der Waals surface area contributed by atoms with Crippen LogP contribution in [0.5, 0.6) is 0 Å². The van der Waals surface area contributed by atoms with E-state index in [-0.39, 0.29) is 6.61 Å². The van der Waals surface area contributed by atoms with Gasteiger partial charge in [0, 0.05) is 57.7 Å². The second-order valence-electron chi connectivity index (χ2n) is 4.89. The van der Waals surface area contributed by atoms with Gasteiger partial charge in [0.25, 0.3) is 0 Å². The Kier molecular flexibility index (Phi) is 5.11. The van der Waals surface area contributed by atoms with Gasteiger partial charge in [-0.25, -0.2) is 9.97 Å². The van der Waals surface area contributed by atoms with E-state index in [1.807, 2.05) is 43.0 Å². The maximum atomic E-state index is 9.22. The maximum absolute atomic E-state index is 9.22. The molecule has 0 radical (unpaired) electrons. The summed E-state index contributed by atoms with van der Waals surface area (Å²) in [5.41, 5.74) is 0. The predicted molar refractivity (Wildman–Crippen MR) is 80.8 cm³/mol. The van der Waals surface area contributed by atoms with Crippen LogP contribution >= 0.6 is 11.3 Å². The first-order chi connectivity index (χ1) is 9.60. The normalized spacial score (nSPS) is 11.2. The molecule has 0 bridgehead atoms. The highest BCUT2D eigenvalue weighted by atomic mass is 32.1. The van der Waals surface area contributed by atoms with Crippen molar-refractivity contribution in [3.05, 3.63) is 29.3 Å². The summed E-state index contributed by atoms with van der Waals surface area (Å²) < 4.78 is 2.00. The van der Waals surface area contributed by atoms with E-state index in [9.17, 15) is 5.11 Å².